The van der Waals surface area contributed by atoms with Gasteiger partial charge in [0.1, 0.15) is 6.54 Å². The number of rotatable bonds is 4. The molecular formula is C22H25N3O3S. The number of benzene rings is 1. The van der Waals surface area contributed by atoms with Gasteiger partial charge in [0.25, 0.3) is 0 Å². The van der Waals surface area contributed by atoms with E-state index in [4.69, 9.17) is 0 Å². The number of nitrogens with zero attached hydrogens (tertiary/aromatic N) is 2. The Morgan fingerprint density at radius 3 is 2.34 bits per heavy atom. The number of carbonyl (C=O) groups excluding carboxylic acids is 3. The van der Waals surface area contributed by atoms with Crippen molar-refractivity contribution < 1.29 is 14.4 Å². The van der Waals surface area contributed by atoms with Gasteiger partial charge in [0.15, 0.2) is 5.13 Å². The van der Waals surface area contributed by atoms with Crippen LogP contribution >= 0.6 is 11.3 Å². The number of thiazole rings is 1. The molecule has 0 radical (unpaired) electrons. The van der Waals surface area contributed by atoms with Gasteiger partial charge < -0.3 is 5.32 Å². The predicted molar refractivity (Wildman–Crippen MR) is 113 cm³/mol. The van der Waals surface area contributed by atoms with Crippen LogP contribution in [0.15, 0.2) is 17.5 Å². The van der Waals surface area contributed by atoms with Crippen LogP contribution in [0.3, 0.4) is 0 Å². The molecule has 1 aromatic carbocycles. The summed E-state index contributed by atoms with van der Waals surface area (Å²) in [5.74, 6) is -1.24. The second-order valence-electron chi connectivity index (χ2n) is 8.10. The van der Waals surface area contributed by atoms with E-state index < -0.39 is 0 Å². The number of carbonyl (C=O) groups is 3. The van der Waals surface area contributed by atoms with Gasteiger partial charge in [-0.1, -0.05) is 18.9 Å². The third-order valence-electron chi connectivity index (χ3n) is 6.10. The zero-order valence-corrected chi connectivity index (χ0v) is 17.8. The zero-order valence-electron chi connectivity index (χ0n) is 16.9. The molecule has 2 fully saturated rings. The van der Waals surface area contributed by atoms with E-state index in [1.54, 1.807) is 0 Å². The minimum atomic E-state index is -0.386. The number of aromatic nitrogens is 1. The fraction of sp³-hybridized carbons (Fsp3) is 0.455. The molecule has 152 valence electrons. The van der Waals surface area contributed by atoms with E-state index in [0.29, 0.717) is 5.13 Å². The highest BCUT2D eigenvalue weighted by Crippen LogP contribution is 2.38. The topological polar surface area (TPSA) is 79.4 Å². The molecule has 1 aliphatic heterocycles. The highest BCUT2D eigenvalue weighted by atomic mass is 32.1. The fourth-order valence-electron chi connectivity index (χ4n) is 4.38. The fourth-order valence-corrected chi connectivity index (χ4v) is 5.11. The lowest BCUT2D eigenvalue weighted by atomic mass is 9.81. The summed E-state index contributed by atoms with van der Waals surface area (Å²) in [7, 11) is 0. The molecule has 7 heteroatoms. The molecule has 1 N–H and O–H groups in total. The zero-order chi connectivity index (χ0) is 20.7. The molecule has 2 aromatic rings. The molecule has 0 spiro atoms. The molecule has 2 aliphatic rings. The predicted octanol–water partition coefficient (Wildman–Crippen LogP) is 3.85. The van der Waals surface area contributed by atoms with Crippen molar-refractivity contribution in [3.05, 3.63) is 34.2 Å². The van der Waals surface area contributed by atoms with Gasteiger partial charge in [-0.25, -0.2) is 4.98 Å². The van der Waals surface area contributed by atoms with E-state index in [1.807, 2.05) is 12.3 Å². The molecule has 6 nitrogen and oxygen atoms in total. The highest BCUT2D eigenvalue weighted by Gasteiger charge is 2.48. The monoisotopic (exact) mass is 411 g/mol. The summed E-state index contributed by atoms with van der Waals surface area (Å²) in [5.41, 5.74) is 5.41. The number of hydrogen-bond acceptors (Lipinski definition) is 5. The van der Waals surface area contributed by atoms with Gasteiger partial charge >= 0.3 is 0 Å². The number of likely N-dealkylation sites (tertiary alicyclic amines) is 1. The molecule has 3 amide bonds. The molecule has 4 rings (SSSR count). The lowest BCUT2D eigenvalue weighted by Crippen LogP contribution is -2.38. The standard InChI is InChI=1S/C22H25N3O3S/c1-12-8-14(3)17(9-13(12)2)18-11-29-22(23-18)24-19(26)10-25-20(27)15-6-4-5-7-16(15)21(25)28/h8-9,11,15-16H,4-7,10H2,1-3H3,(H,23,24,26). The lowest BCUT2D eigenvalue weighted by molar-refractivity contribution is -0.142. The SMILES string of the molecule is Cc1cc(C)c(-c2csc(NC(=O)CN3C(=O)C4CCCCC4C3=O)n2)cc1C. The maximum Gasteiger partial charge on any atom is 0.246 e. The summed E-state index contributed by atoms with van der Waals surface area (Å²) in [6.07, 6.45) is 3.44. The van der Waals surface area contributed by atoms with E-state index in [0.717, 1.165) is 47.4 Å². The van der Waals surface area contributed by atoms with Crippen LogP contribution in [0.4, 0.5) is 5.13 Å². The number of imide groups is 1. The smallest absolute Gasteiger partial charge is 0.246 e. The van der Waals surface area contributed by atoms with Crippen LogP contribution in [0.5, 0.6) is 0 Å². The summed E-state index contributed by atoms with van der Waals surface area (Å²) in [5, 5.41) is 5.13. The molecule has 2 atom stereocenters. The molecule has 1 aromatic heterocycles. The Morgan fingerprint density at radius 2 is 1.69 bits per heavy atom. The highest BCUT2D eigenvalue weighted by molar-refractivity contribution is 7.14. The van der Waals surface area contributed by atoms with Gasteiger partial charge in [-0.3, -0.25) is 19.3 Å². The first-order valence-electron chi connectivity index (χ1n) is 10.0. The molecule has 0 bridgehead atoms. The van der Waals surface area contributed by atoms with Crippen LogP contribution in [0.1, 0.15) is 42.4 Å². The molecule has 1 saturated carbocycles. The van der Waals surface area contributed by atoms with Crippen LogP contribution in [0.2, 0.25) is 0 Å². The molecular weight excluding hydrogens is 386 g/mol. The Labute approximate surface area is 174 Å². The molecule has 2 unspecified atom stereocenters. The van der Waals surface area contributed by atoms with Gasteiger partial charge in [-0.2, -0.15) is 0 Å². The van der Waals surface area contributed by atoms with Gasteiger partial charge in [-0.05, 0) is 56.4 Å². The van der Waals surface area contributed by atoms with Crippen molar-refractivity contribution in [3.63, 3.8) is 0 Å². The number of fused-ring (bicyclic) bond motifs is 1. The van der Waals surface area contributed by atoms with E-state index in [-0.39, 0.29) is 36.1 Å². The molecule has 2 heterocycles. The van der Waals surface area contributed by atoms with Crippen molar-refractivity contribution in [2.24, 2.45) is 11.8 Å². The van der Waals surface area contributed by atoms with Crippen LogP contribution in [0.25, 0.3) is 11.3 Å². The summed E-state index contributed by atoms with van der Waals surface area (Å²) in [6, 6.07) is 4.24. The number of hydrogen-bond donors (Lipinski definition) is 1. The van der Waals surface area contributed by atoms with E-state index >= 15 is 0 Å². The Bertz CT molecular complexity index is 973. The Kier molecular flexibility index (Phi) is 5.25. The summed E-state index contributed by atoms with van der Waals surface area (Å²) >= 11 is 1.34. The van der Waals surface area contributed by atoms with Crippen LogP contribution in [-0.2, 0) is 14.4 Å². The first kappa shape index (κ1) is 19.8. The summed E-state index contributed by atoms with van der Waals surface area (Å²) in [4.78, 5) is 43.2. The number of amides is 3. The van der Waals surface area contributed by atoms with Gasteiger partial charge in [-0.15, -0.1) is 11.3 Å². The molecule has 1 saturated heterocycles. The molecule has 1 aliphatic carbocycles. The van der Waals surface area contributed by atoms with Gasteiger partial charge in [0, 0.05) is 10.9 Å². The van der Waals surface area contributed by atoms with Crippen LogP contribution in [-0.4, -0.2) is 34.2 Å². The Morgan fingerprint density at radius 1 is 1.07 bits per heavy atom. The Hall–Kier alpha value is -2.54. The lowest BCUT2D eigenvalue weighted by Gasteiger charge is -2.19. The minimum Gasteiger partial charge on any atom is -0.300 e. The largest absolute Gasteiger partial charge is 0.300 e. The van der Waals surface area contributed by atoms with Crippen molar-refractivity contribution in [3.8, 4) is 11.3 Å². The average molecular weight is 412 g/mol. The normalized spacial score (nSPS) is 21.4. The van der Waals surface area contributed by atoms with E-state index in [1.165, 1.54) is 22.5 Å². The van der Waals surface area contributed by atoms with Gasteiger partial charge in [0.05, 0.1) is 17.5 Å². The van der Waals surface area contributed by atoms with E-state index in [2.05, 4.69) is 36.3 Å². The van der Waals surface area contributed by atoms with Crippen LogP contribution < -0.4 is 5.32 Å². The van der Waals surface area contributed by atoms with Crippen molar-refractivity contribution in [1.29, 1.82) is 0 Å². The van der Waals surface area contributed by atoms with Crippen molar-refractivity contribution in [1.82, 2.24) is 9.88 Å². The Balaban J connectivity index is 1.44. The summed E-state index contributed by atoms with van der Waals surface area (Å²) < 4.78 is 0. The quantitative estimate of drug-likeness (QED) is 0.775. The van der Waals surface area contributed by atoms with Gasteiger partial charge in [0.2, 0.25) is 17.7 Å². The van der Waals surface area contributed by atoms with Crippen LogP contribution in [0, 0.1) is 32.6 Å². The molecule has 29 heavy (non-hydrogen) atoms. The summed E-state index contributed by atoms with van der Waals surface area (Å²) in [6.45, 7) is 5.95. The third kappa shape index (κ3) is 3.71. The third-order valence-corrected chi connectivity index (χ3v) is 6.86. The number of anilines is 1. The maximum atomic E-state index is 12.5. The van der Waals surface area contributed by atoms with Crippen molar-refractivity contribution >= 4 is 34.2 Å². The maximum absolute atomic E-state index is 12.5. The average Bonchev–Trinajstić information content (AvgIpc) is 3.24. The second-order valence-corrected chi connectivity index (χ2v) is 8.96. The minimum absolute atomic E-state index is 0.194. The van der Waals surface area contributed by atoms with E-state index in [9.17, 15) is 14.4 Å². The number of nitrogens with one attached hydrogen (secondary N) is 1. The number of aryl methyl sites for hydroxylation is 3. The first-order valence-corrected chi connectivity index (χ1v) is 10.9. The second kappa shape index (κ2) is 7.71. The van der Waals surface area contributed by atoms with Crippen molar-refractivity contribution in [2.45, 2.75) is 46.5 Å². The van der Waals surface area contributed by atoms with Crippen molar-refractivity contribution in [2.75, 3.05) is 11.9 Å². The first-order chi connectivity index (χ1) is 13.8.